The Morgan fingerprint density at radius 1 is 0.938 bits per heavy atom. The highest BCUT2D eigenvalue weighted by atomic mass is 16.4. The lowest BCUT2D eigenvalue weighted by Crippen LogP contribution is -2.47. The molecule has 2 atom stereocenters. The summed E-state index contributed by atoms with van der Waals surface area (Å²) in [7, 11) is 0. The van der Waals surface area contributed by atoms with Crippen LogP contribution in [0, 0.1) is 22.7 Å². The molecule has 16 heavy (non-hydrogen) atoms. The number of nitrogens with two attached hydrogens (primary N) is 1. The molecule has 94 valence electrons. The molecule has 0 aliphatic carbocycles. The fourth-order valence-corrected chi connectivity index (χ4v) is 2.10. The van der Waals surface area contributed by atoms with Crippen molar-refractivity contribution in [2.45, 2.75) is 41.5 Å². The van der Waals surface area contributed by atoms with Crippen molar-refractivity contribution in [3.05, 3.63) is 0 Å². The summed E-state index contributed by atoms with van der Waals surface area (Å²) in [6.45, 7) is 11.0. The third-order valence-corrected chi connectivity index (χ3v) is 2.77. The predicted octanol–water partition coefficient (Wildman–Crippen LogP) is 1.88. The van der Waals surface area contributed by atoms with E-state index >= 15 is 0 Å². The van der Waals surface area contributed by atoms with Crippen molar-refractivity contribution in [1.29, 1.82) is 0 Å². The molecule has 2 unspecified atom stereocenters. The van der Waals surface area contributed by atoms with E-state index in [-0.39, 0.29) is 0 Å². The van der Waals surface area contributed by atoms with Crippen molar-refractivity contribution in [2.75, 3.05) is 0 Å². The number of primary amides is 1. The average molecular weight is 229 g/mol. The van der Waals surface area contributed by atoms with E-state index in [9.17, 15) is 14.7 Å². The summed E-state index contributed by atoms with van der Waals surface area (Å²) in [5.41, 5.74) is 4.40. The normalized spacial score (nSPS) is 16.6. The summed E-state index contributed by atoms with van der Waals surface area (Å²) < 4.78 is 0. The minimum Gasteiger partial charge on any atom is -0.481 e. The van der Waals surface area contributed by atoms with Crippen LogP contribution in [0.5, 0.6) is 0 Å². The molecule has 4 nitrogen and oxygen atoms in total. The monoisotopic (exact) mass is 229 g/mol. The molecule has 0 bridgehead atoms. The average Bonchev–Trinajstić information content (AvgIpc) is 1.92. The number of aliphatic carboxylic acids is 1. The van der Waals surface area contributed by atoms with Crippen LogP contribution in [-0.2, 0) is 9.59 Å². The fraction of sp³-hybridized carbons (Fsp3) is 0.833. The van der Waals surface area contributed by atoms with E-state index in [1.165, 1.54) is 0 Å². The van der Waals surface area contributed by atoms with Crippen LogP contribution < -0.4 is 5.73 Å². The van der Waals surface area contributed by atoms with E-state index in [0.29, 0.717) is 0 Å². The van der Waals surface area contributed by atoms with Crippen LogP contribution in [0.1, 0.15) is 41.5 Å². The van der Waals surface area contributed by atoms with Gasteiger partial charge in [0.2, 0.25) is 5.91 Å². The van der Waals surface area contributed by atoms with Gasteiger partial charge in [-0.3, -0.25) is 9.59 Å². The van der Waals surface area contributed by atoms with Crippen LogP contribution in [-0.4, -0.2) is 17.0 Å². The summed E-state index contributed by atoms with van der Waals surface area (Å²) in [5, 5.41) is 9.28. The highest BCUT2D eigenvalue weighted by Gasteiger charge is 2.46. The standard InChI is InChI=1S/C12H23NO3/c1-11(2,3)7(9(13)14)8(10(15)16)12(4,5)6/h7-8H,1-6H3,(H2,13,14)(H,15,16). The van der Waals surface area contributed by atoms with Gasteiger partial charge in [0.1, 0.15) is 0 Å². The third kappa shape index (κ3) is 3.51. The van der Waals surface area contributed by atoms with Crippen molar-refractivity contribution in [3.63, 3.8) is 0 Å². The third-order valence-electron chi connectivity index (χ3n) is 2.77. The summed E-state index contributed by atoms with van der Waals surface area (Å²) in [6, 6.07) is 0. The second kappa shape index (κ2) is 4.44. The zero-order valence-corrected chi connectivity index (χ0v) is 11.0. The molecule has 4 heteroatoms. The molecule has 0 saturated heterocycles. The minimum atomic E-state index is -0.966. The van der Waals surface area contributed by atoms with Gasteiger partial charge in [0.25, 0.3) is 0 Å². The molecular formula is C12H23NO3. The van der Waals surface area contributed by atoms with Gasteiger partial charge in [0.05, 0.1) is 11.8 Å². The zero-order valence-electron chi connectivity index (χ0n) is 11.0. The molecule has 0 saturated carbocycles. The molecule has 0 spiro atoms. The lowest BCUT2D eigenvalue weighted by atomic mass is 9.64. The SMILES string of the molecule is CC(C)(C)C(C(N)=O)C(C(=O)O)C(C)(C)C. The second-order valence-electron chi connectivity index (χ2n) is 6.43. The number of carboxylic acids is 1. The molecule has 0 radical (unpaired) electrons. The Bertz CT molecular complexity index is 254. The number of carbonyl (C=O) groups is 2. The smallest absolute Gasteiger partial charge is 0.307 e. The number of hydrogen-bond donors (Lipinski definition) is 2. The Morgan fingerprint density at radius 2 is 1.25 bits per heavy atom. The number of carboxylic acid groups (broad SMARTS) is 1. The quantitative estimate of drug-likeness (QED) is 0.775. The maximum atomic E-state index is 11.5. The van der Waals surface area contributed by atoms with Crippen LogP contribution in [0.15, 0.2) is 0 Å². The van der Waals surface area contributed by atoms with Gasteiger partial charge in [-0.15, -0.1) is 0 Å². The van der Waals surface area contributed by atoms with Gasteiger partial charge in [-0.05, 0) is 10.8 Å². The molecule has 0 aromatic heterocycles. The van der Waals surface area contributed by atoms with Gasteiger partial charge in [-0.25, -0.2) is 0 Å². The summed E-state index contributed by atoms with van der Waals surface area (Å²) >= 11 is 0. The van der Waals surface area contributed by atoms with E-state index in [1.54, 1.807) is 0 Å². The van der Waals surface area contributed by atoms with Gasteiger partial charge in [-0.2, -0.15) is 0 Å². The van der Waals surface area contributed by atoms with Gasteiger partial charge in [0.15, 0.2) is 0 Å². The number of rotatable bonds is 3. The summed E-state index contributed by atoms with van der Waals surface area (Å²) in [6.07, 6.45) is 0. The summed E-state index contributed by atoms with van der Waals surface area (Å²) in [5.74, 6) is -2.96. The Labute approximate surface area is 97.2 Å². The Hall–Kier alpha value is -1.06. The largest absolute Gasteiger partial charge is 0.481 e. The fourth-order valence-electron chi connectivity index (χ4n) is 2.10. The first-order valence-corrected chi connectivity index (χ1v) is 5.41. The molecule has 0 fully saturated rings. The molecule has 0 aliphatic rings. The first kappa shape index (κ1) is 14.9. The van der Waals surface area contributed by atoms with Gasteiger partial charge in [-0.1, -0.05) is 41.5 Å². The van der Waals surface area contributed by atoms with Crippen LogP contribution in [0.2, 0.25) is 0 Å². The van der Waals surface area contributed by atoms with E-state index in [2.05, 4.69) is 0 Å². The Kier molecular flexibility index (Phi) is 4.14. The molecule has 0 aromatic rings. The van der Waals surface area contributed by atoms with Crippen LogP contribution >= 0.6 is 0 Å². The van der Waals surface area contributed by atoms with Crippen molar-refractivity contribution in [3.8, 4) is 0 Å². The topological polar surface area (TPSA) is 80.4 Å². The zero-order chi connectivity index (χ0) is 13.3. The first-order valence-electron chi connectivity index (χ1n) is 5.41. The van der Waals surface area contributed by atoms with E-state index < -0.39 is 34.5 Å². The van der Waals surface area contributed by atoms with Crippen molar-refractivity contribution in [1.82, 2.24) is 0 Å². The van der Waals surface area contributed by atoms with Crippen LogP contribution in [0.3, 0.4) is 0 Å². The molecule has 0 aliphatic heterocycles. The molecule has 0 aromatic carbocycles. The predicted molar refractivity (Wildman–Crippen MR) is 62.7 cm³/mol. The molecule has 1 amide bonds. The number of carbonyl (C=O) groups excluding carboxylic acids is 1. The van der Waals surface area contributed by atoms with Gasteiger partial charge in [0, 0.05) is 0 Å². The minimum absolute atomic E-state index is 0.456. The number of amides is 1. The number of hydrogen-bond acceptors (Lipinski definition) is 2. The van der Waals surface area contributed by atoms with Crippen molar-refractivity contribution in [2.24, 2.45) is 28.4 Å². The Morgan fingerprint density at radius 3 is 1.31 bits per heavy atom. The van der Waals surface area contributed by atoms with Crippen molar-refractivity contribution >= 4 is 11.9 Å². The molecule has 3 N–H and O–H groups in total. The van der Waals surface area contributed by atoms with E-state index in [0.717, 1.165) is 0 Å². The second-order valence-corrected chi connectivity index (χ2v) is 6.43. The molecular weight excluding hydrogens is 206 g/mol. The van der Waals surface area contributed by atoms with Crippen LogP contribution in [0.25, 0.3) is 0 Å². The van der Waals surface area contributed by atoms with Crippen LogP contribution in [0.4, 0.5) is 0 Å². The van der Waals surface area contributed by atoms with Gasteiger partial charge < -0.3 is 10.8 Å². The lowest BCUT2D eigenvalue weighted by Gasteiger charge is -2.39. The Balaban J connectivity index is 5.48. The first-order chi connectivity index (χ1) is 6.89. The highest BCUT2D eigenvalue weighted by molar-refractivity contribution is 5.84. The van der Waals surface area contributed by atoms with Crippen molar-refractivity contribution < 1.29 is 14.7 Å². The molecule has 0 heterocycles. The van der Waals surface area contributed by atoms with Gasteiger partial charge >= 0.3 is 5.97 Å². The highest BCUT2D eigenvalue weighted by Crippen LogP contribution is 2.41. The maximum Gasteiger partial charge on any atom is 0.307 e. The lowest BCUT2D eigenvalue weighted by molar-refractivity contribution is -0.155. The summed E-state index contributed by atoms with van der Waals surface area (Å²) in [4.78, 5) is 22.8. The van der Waals surface area contributed by atoms with E-state index in [1.807, 2.05) is 41.5 Å². The molecule has 0 rings (SSSR count). The van der Waals surface area contributed by atoms with E-state index in [4.69, 9.17) is 5.73 Å². The maximum absolute atomic E-state index is 11.5.